The molecular weight excluding hydrogens is 192 g/mol. The maximum atomic E-state index is 2.53. The van der Waals surface area contributed by atoms with E-state index in [4.69, 9.17) is 0 Å². The molecule has 2 rings (SSSR count). The molecule has 2 unspecified atom stereocenters. The first-order valence-electron chi connectivity index (χ1n) is 7.68. The highest BCUT2D eigenvalue weighted by atomic mass is 14.4. The molecule has 0 nitrogen and oxygen atoms in total. The van der Waals surface area contributed by atoms with Gasteiger partial charge in [0, 0.05) is 0 Å². The molecule has 94 valence electrons. The Bertz CT molecular complexity index is 188. The van der Waals surface area contributed by atoms with E-state index in [-0.39, 0.29) is 0 Å². The van der Waals surface area contributed by atoms with E-state index in [1.54, 1.807) is 0 Å². The van der Waals surface area contributed by atoms with Crippen molar-refractivity contribution in [3.8, 4) is 0 Å². The number of hydrogen-bond donors (Lipinski definition) is 0. The van der Waals surface area contributed by atoms with Gasteiger partial charge in [0.05, 0.1) is 0 Å². The van der Waals surface area contributed by atoms with E-state index in [1.807, 2.05) is 0 Å². The lowest BCUT2D eigenvalue weighted by Crippen LogP contribution is -2.34. The lowest BCUT2D eigenvalue weighted by molar-refractivity contribution is 0.0736. The summed E-state index contributed by atoms with van der Waals surface area (Å²) in [4.78, 5) is 0. The van der Waals surface area contributed by atoms with Crippen LogP contribution in [0.1, 0.15) is 72.1 Å². The fourth-order valence-corrected chi connectivity index (χ4v) is 4.87. The van der Waals surface area contributed by atoms with Gasteiger partial charge in [-0.05, 0) is 42.4 Å². The molecule has 2 saturated carbocycles. The zero-order valence-electron chi connectivity index (χ0n) is 11.5. The standard InChI is InChI=1S/C16H30/c1-12-10-13(2)16(14(3)11-12)15-8-6-4-5-7-9-15/h12-16H,4-11H2,1-3H3. The van der Waals surface area contributed by atoms with Gasteiger partial charge in [-0.15, -0.1) is 0 Å². The van der Waals surface area contributed by atoms with Gasteiger partial charge in [0.1, 0.15) is 0 Å². The summed E-state index contributed by atoms with van der Waals surface area (Å²) in [5, 5.41) is 0. The molecule has 0 spiro atoms. The summed E-state index contributed by atoms with van der Waals surface area (Å²) in [6, 6.07) is 0. The van der Waals surface area contributed by atoms with Crippen molar-refractivity contribution in [1.29, 1.82) is 0 Å². The second-order valence-corrected chi connectivity index (χ2v) is 6.86. The molecule has 0 aromatic rings. The van der Waals surface area contributed by atoms with Crippen molar-refractivity contribution in [1.82, 2.24) is 0 Å². The zero-order chi connectivity index (χ0) is 11.5. The summed E-state index contributed by atoms with van der Waals surface area (Å²) in [6.07, 6.45) is 12.1. The Hall–Kier alpha value is 0. The highest BCUT2D eigenvalue weighted by molar-refractivity contribution is 4.86. The van der Waals surface area contributed by atoms with E-state index in [1.165, 1.54) is 51.4 Å². The van der Waals surface area contributed by atoms with Crippen LogP contribution in [0, 0.1) is 29.6 Å². The van der Waals surface area contributed by atoms with Crippen LogP contribution in [0.5, 0.6) is 0 Å². The van der Waals surface area contributed by atoms with Crippen molar-refractivity contribution in [3.63, 3.8) is 0 Å². The normalized spacial score (nSPS) is 42.9. The first kappa shape index (κ1) is 12.5. The molecule has 0 amide bonds. The number of hydrogen-bond acceptors (Lipinski definition) is 0. The van der Waals surface area contributed by atoms with Gasteiger partial charge < -0.3 is 0 Å². The van der Waals surface area contributed by atoms with E-state index in [9.17, 15) is 0 Å². The average Bonchev–Trinajstić information content (AvgIpc) is 2.44. The maximum absolute atomic E-state index is 2.53. The van der Waals surface area contributed by atoms with Crippen LogP contribution in [-0.2, 0) is 0 Å². The Balaban J connectivity index is 1.99. The van der Waals surface area contributed by atoms with Crippen LogP contribution in [0.3, 0.4) is 0 Å². The van der Waals surface area contributed by atoms with Crippen LogP contribution in [0.4, 0.5) is 0 Å². The van der Waals surface area contributed by atoms with Crippen LogP contribution < -0.4 is 0 Å². The second-order valence-electron chi connectivity index (χ2n) is 6.86. The molecular formula is C16H30. The zero-order valence-corrected chi connectivity index (χ0v) is 11.5. The fourth-order valence-electron chi connectivity index (χ4n) is 4.87. The van der Waals surface area contributed by atoms with Gasteiger partial charge in [-0.2, -0.15) is 0 Å². The third-order valence-electron chi connectivity index (χ3n) is 5.31. The van der Waals surface area contributed by atoms with Crippen LogP contribution in [0.2, 0.25) is 0 Å². The smallest absolute Gasteiger partial charge is 0.0334 e. The Morgan fingerprint density at radius 3 is 1.69 bits per heavy atom. The minimum atomic E-state index is 0.979. The van der Waals surface area contributed by atoms with E-state index < -0.39 is 0 Å². The highest BCUT2D eigenvalue weighted by Crippen LogP contribution is 2.45. The SMILES string of the molecule is CC1CC(C)C(C2CCCCCC2)C(C)C1. The predicted octanol–water partition coefficient (Wildman–Crippen LogP) is 5.28. The van der Waals surface area contributed by atoms with Gasteiger partial charge in [-0.25, -0.2) is 0 Å². The Labute approximate surface area is 102 Å². The first-order valence-corrected chi connectivity index (χ1v) is 7.68. The lowest BCUT2D eigenvalue weighted by atomic mass is 9.63. The molecule has 0 heterocycles. The quantitative estimate of drug-likeness (QED) is 0.530. The van der Waals surface area contributed by atoms with Crippen LogP contribution in [0.25, 0.3) is 0 Å². The topological polar surface area (TPSA) is 0 Å². The molecule has 2 atom stereocenters. The van der Waals surface area contributed by atoms with Crippen molar-refractivity contribution < 1.29 is 0 Å². The van der Waals surface area contributed by atoms with Gasteiger partial charge in [0.2, 0.25) is 0 Å². The molecule has 0 bridgehead atoms. The Morgan fingerprint density at radius 2 is 1.19 bits per heavy atom. The first-order chi connectivity index (χ1) is 7.68. The largest absolute Gasteiger partial charge is 0.0625 e. The van der Waals surface area contributed by atoms with Crippen LogP contribution >= 0.6 is 0 Å². The van der Waals surface area contributed by atoms with Crippen molar-refractivity contribution in [2.75, 3.05) is 0 Å². The third-order valence-corrected chi connectivity index (χ3v) is 5.31. The summed E-state index contributed by atoms with van der Waals surface area (Å²) < 4.78 is 0. The third kappa shape index (κ3) is 2.81. The second kappa shape index (κ2) is 5.56. The molecule has 0 aromatic heterocycles. The molecule has 2 fully saturated rings. The predicted molar refractivity (Wildman–Crippen MR) is 71.4 cm³/mol. The van der Waals surface area contributed by atoms with Crippen LogP contribution in [0.15, 0.2) is 0 Å². The molecule has 0 saturated heterocycles. The van der Waals surface area contributed by atoms with Gasteiger partial charge in [-0.3, -0.25) is 0 Å². The summed E-state index contributed by atoms with van der Waals surface area (Å²) in [6.45, 7) is 7.51. The Kier molecular flexibility index (Phi) is 4.33. The minimum absolute atomic E-state index is 0.979. The van der Waals surface area contributed by atoms with E-state index in [0.29, 0.717) is 0 Å². The molecule has 2 aliphatic rings. The van der Waals surface area contributed by atoms with Gasteiger partial charge in [0.15, 0.2) is 0 Å². The summed E-state index contributed by atoms with van der Waals surface area (Å²) in [5.74, 6) is 5.07. The summed E-state index contributed by atoms with van der Waals surface area (Å²) >= 11 is 0. The molecule has 0 aliphatic heterocycles. The monoisotopic (exact) mass is 222 g/mol. The minimum Gasteiger partial charge on any atom is -0.0625 e. The Morgan fingerprint density at radius 1 is 0.688 bits per heavy atom. The summed E-state index contributed by atoms with van der Waals surface area (Å²) in [7, 11) is 0. The molecule has 2 aliphatic carbocycles. The van der Waals surface area contributed by atoms with E-state index in [2.05, 4.69) is 20.8 Å². The van der Waals surface area contributed by atoms with Crippen molar-refractivity contribution in [2.45, 2.75) is 72.1 Å². The van der Waals surface area contributed by atoms with Crippen molar-refractivity contribution >= 4 is 0 Å². The fraction of sp³-hybridized carbons (Fsp3) is 1.00. The molecule has 0 aromatic carbocycles. The molecule has 0 heteroatoms. The highest BCUT2D eigenvalue weighted by Gasteiger charge is 2.36. The van der Waals surface area contributed by atoms with Gasteiger partial charge >= 0.3 is 0 Å². The molecule has 0 radical (unpaired) electrons. The van der Waals surface area contributed by atoms with Gasteiger partial charge in [-0.1, -0.05) is 59.3 Å². The molecule has 16 heavy (non-hydrogen) atoms. The number of rotatable bonds is 1. The average molecular weight is 222 g/mol. The van der Waals surface area contributed by atoms with Crippen molar-refractivity contribution in [3.05, 3.63) is 0 Å². The van der Waals surface area contributed by atoms with Crippen LogP contribution in [-0.4, -0.2) is 0 Å². The lowest BCUT2D eigenvalue weighted by Gasteiger charge is -2.42. The van der Waals surface area contributed by atoms with E-state index >= 15 is 0 Å². The van der Waals surface area contributed by atoms with Crippen molar-refractivity contribution in [2.24, 2.45) is 29.6 Å². The molecule has 0 N–H and O–H groups in total. The van der Waals surface area contributed by atoms with Gasteiger partial charge in [0.25, 0.3) is 0 Å². The maximum Gasteiger partial charge on any atom is -0.0334 e. The summed E-state index contributed by atoms with van der Waals surface area (Å²) in [5.41, 5.74) is 0. The van der Waals surface area contributed by atoms with E-state index in [0.717, 1.165) is 29.6 Å².